The lowest BCUT2D eigenvalue weighted by Crippen LogP contribution is -2.47. The molecule has 6 fully saturated rings. The van der Waals surface area contributed by atoms with Crippen molar-refractivity contribution in [1.82, 2.24) is 8.61 Å². The molecule has 2 aliphatic heterocycles. The highest BCUT2D eigenvalue weighted by Gasteiger charge is 2.73. The molecular weight excluding hydrogens is 1210 g/mol. The maximum atomic E-state index is 13.5. The standard InChI is InChI=1S/C18H30N2O3S3.C15H24N2O3S3.2C6H11NO2S2.C6H12O2/c1-6-7-13(19-16(24-4)25-5)15(21)20-14-10-12-8-9-18(14,17(12,2)3)11-26(20,22)23;1-14(2)10-5-6-15(14)9-23(19,20)17(11(15)7-10)12(18)8-16-13(21-3)22-4;2*1-9-5(8)4-7-6(10-2)11-3;1-3-4-5(2)6(7)8/h12-14H,6-11H2,1-5H3;10-11H,5-9H2,1-4H3;2*4H2,1-3H3;5H,3-4H2,1-2H3,(H,7,8)/t12?,13-,14?,18?;;;;5-/m0...0/s1/i13D;8D2;4D2;;5D. The Labute approximate surface area is 515 Å². The Kier molecular flexibility index (Phi) is 27.0. The van der Waals surface area contributed by atoms with E-state index in [4.69, 9.17) is 13.3 Å². The maximum absolute atomic E-state index is 13.5. The van der Waals surface area contributed by atoms with Crippen LogP contribution in [0.1, 0.15) is 121 Å². The van der Waals surface area contributed by atoms with Crippen LogP contribution in [0.25, 0.3) is 0 Å². The summed E-state index contributed by atoms with van der Waals surface area (Å²) < 4.78 is 112. The van der Waals surface area contributed by atoms with Crippen molar-refractivity contribution < 1.29 is 63.6 Å². The summed E-state index contributed by atoms with van der Waals surface area (Å²) in [5, 5.41) is 8.38. The highest BCUT2D eigenvalue weighted by atomic mass is 32.2. The number of aliphatic carboxylic acids is 1. The summed E-state index contributed by atoms with van der Waals surface area (Å²) in [6, 6.07) is -2.52. The first kappa shape index (κ1) is 63.7. The van der Waals surface area contributed by atoms with Gasteiger partial charge in [0.25, 0.3) is 11.8 Å². The number of carboxylic acid groups (broad SMARTS) is 1. The number of nitrogens with zero attached hydrogens (tertiary/aromatic N) is 6. The third-order valence-corrected chi connectivity index (χ3v) is 27.2. The molecule has 4 saturated carbocycles. The van der Waals surface area contributed by atoms with Crippen molar-refractivity contribution in [2.45, 2.75) is 131 Å². The summed E-state index contributed by atoms with van der Waals surface area (Å²) in [4.78, 5) is 74.0. The van der Waals surface area contributed by atoms with Crippen molar-refractivity contribution in [1.29, 1.82) is 0 Å². The second-order valence-corrected chi connectivity index (χ2v) is 31.2. The number of hydrogen-bond donors (Lipinski definition) is 1. The number of carbonyl (C=O) groups excluding carboxylic acids is 4. The minimum atomic E-state index is -3.83. The van der Waals surface area contributed by atoms with Crippen molar-refractivity contribution in [2.24, 2.45) is 59.4 Å². The van der Waals surface area contributed by atoms with Gasteiger partial charge in [0, 0.05) is 12.2 Å². The number of amides is 2. The van der Waals surface area contributed by atoms with Crippen LogP contribution in [0, 0.1) is 39.4 Å². The molecule has 2 amide bonds. The number of sulfonamides is 2. The van der Waals surface area contributed by atoms with Gasteiger partial charge in [0.2, 0.25) is 20.0 Å². The second-order valence-electron chi connectivity index (χ2n) is 20.1. The van der Waals surface area contributed by atoms with Gasteiger partial charge >= 0.3 is 17.9 Å². The zero-order valence-corrected chi connectivity index (χ0v) is 56.9. The summed E-state index contributed by atoms with van der Waals surface area (Å²) in [6.45, 7) is 8.95. The van der Waals surface area contributed by atoms with E-state index in [2.05, 4.69) is 57.1 Å². The zero-order chi connectivity index (χ0) is 65.8. The van der Waals surface area contributed by atoms with Gasteiger partial charge in [0.05, 0.1) is 50.6 Å². The van der Waals surface area contributed by atoms with E-state index < -0.39 is 80.2 Å². The molecule has 8 atom stereocenters. The molecule has 18 nitrogen and oxygen atoms in total. The minimum absolute atomic E-state index is 0.0315. The average Bonchev–Trinajstić information content (AvgIpc) is 1.62. The molecule has 0 aromatic rings. The Morgan fingerprint density at radius 2 is 1.03 bits per heavy atom. The number of esters is 2. The number of rotatable bonds is 13. The van der Waals surface area contributed by atoms with Crippen LogP contribution in [0.3, 0.4) is 0 Å². The largest absolute Gasteiger partial charge is 0.481 e. The van der Waals surface area contributed by atoms with E-state index in [-0.39, 0.29) is 52.7 Å². The first-order valence-corrected chi connectivity index (χ1v) is 38.3. The number of fused-ring (bicyclic) bond motifs is 2. The fourth-order valence-electron chi connectivity index (χ4n) is 11.5. The Balaban J connectivity index is 0.000000389. The van der Waals surface area contributed by atoms with Gasteiger partial charge in [-0.25, -0.2) is 25.4 Å². The van der Waals surface area contributed by atoms with Gasteiger partial charge in [-0.3, -0.25) is 43.9 Å². The molecule has 79 heavy (non-hydrogen) atoms. The number of carboxylic acids is 1. The summed E-state index contributed by atoms with van der Waals surface area (Å²) in [7, 11) is -5.07. The Morgan fingerprint density at radius 1 is 0.633 bits per heavy atom. The molecule has 28 heteroatoms. The van der Waals surface area contributed by atoms with Gasteiger partial charge in [-0.15, -0.1) is 94.1 Å². The van der Waals surface area contributed by atoms with Crippen LogP contribution >= 0.6 is 94.1 Å². The van der Waals surface area contributed by atoms with Crippen LogP contribution in [0.15, 0.2) is 20.0 Å². The highest BCUT2D eigenvalue weighted by molar-refractivity contribution is 8.39. The first-order valence-electron chi connectivity index (χ1n) is 28.3. The van der Waals surface area contributed by atoms with Gasteiger partial charge in [0.15, 0.2) is 0 Å². The zero-order valence-electron chi connectivity index (χ0n) is 54.7. The van der Waals surface area contributed by atoms with Crippen LogP contribution < -0.4 is 0 Å². The van der Waals surface area contributed by atoms with Crippen molar-refractivity contribution in [3.05, 3.63) is 0 Å². The fourth-order valence-corrected chi connectivity index (χ4v) is 20.5. The lowest BCUT2D eigenvalue weighted by molar-refractivity contribution is -0.141. The van der Waals surface area contributed by atoms with Gasteiger partial charge in [-0.1, -0.05) is 61.3 Å². The van der Waals surface area contributed by atoms with Crippen molar-refractivity contribution in [2.75, 3.05) is 95.3 Å². The van der Waals surface area contributed by atoms with Crippen LogP contribution in [-0.2, 0) is 53.5 Å². The molecule has 1 N–H and O–H groups in total. The maximum Gasteiger partial charge on any atom is 0.327 e. The lowest BCUT2D eigenvalue weighted by atomic mass is 9.69. The Morgan fingerprint density at radius 3 is 1.39 bits per heavy atom. The van der Waals surface area contributed by atoms with Gasteiger partial charge in [-0.05, 0) is 124 Å². The molecule has 0 radical (unpaired) electrons. The monoisotopic (exact) mass is 1300 g/mol. The molecule has 454 valence electrons. The number of ether oxygens (including phenoxy) is 2. The summed E-state index contributed by atoms with van der Waals surface area (Å²) in [5.74, 6) is -4.51. The molecule has 2 saturated heterocycles. The van der Waals surface area contributed by atoms with E-state index in [0.717, 1.165) is 58.6 Å². The van der Waals surface area contributed by atoms with Gasteiger partial charge in [-0.2, -0.15) is 0 Å². The third kappa shape index (κ3) is 18.1. The molecule has 6 aliphatic rings. The van der Waals surface area contributed by atoms with Crippen molar-refractivity contribution >= 4 is 161 Å². The van der Waals surface area contributed by atoms with E-state index in [1.807, 2.05) is 38.9 Å². The molecule has 2 heterocycles. The lowest BCUT2D eigenvalue weighted by Gasteiger charge is -2.37. The molecule has 0 aromatic heterocycles. The van der Waals surface area contributed by atoms with Crippen LogP contribution in [0.5, 0.6) is 0 Å². The predicted octanol–water partition coefficient (Wildman–Crippen LogP) is 10.0. The van der Waals surface area contributed by atoms with E-state index in [0.29, 0.717) is 44.2 Å². The molecular formula is C51H88N6O12S10. The summed E-state index contributed by atoms with van der Waals surface area (Å²) in [6.07, 6.45) is 21.5. The van der Waals surface area contributed by atoms with Crippen molar-refractivity contribution in [3.63, 3.8) is 0 Å². The molecule has 6 unspecified atom stereocenters. The molecule has 2 spiro atoms. The van der Waals surface area contributed by atoms with E-state index in [1.165, 1.54) is 108 Å². The van der Waals surface area contributed by atoms with Crippen LogP contribution in [0.2, 0.25) is 0 Å². The van der Waals surface area contributed by atoms with Gasteiger partial charge in [0.1, 0.15) is 43.1 Å². The average molecular weight is 1300 g/mol. The Bertz CT molecular complexity index is 2720. The van der Waals surface area contributed by atoms with Crippen molar-refractivity contribution in [3.8, 4) is 0 Å². The predicted molar refractivity (Wildman–Crippen MR) is 343 cm³/mol. The van der Waals surface area contributed by atoms with E-state index in [1.54, 1.807) is 25.0 Å². The second kappa shape index (κ2) is 33.4. The SMILES string of the molecule is COC(=O)CN=C(SC)SC.[2H]C([2H])(N=C(SC)SC)C(=O)N1C2CC3CCC2(CS1(=O)=O)C3(C)C.[2H]C([2H])(N=C(SC)SC)C(=O)OC.[2H][C@@](CCC)(N=C(SC)SC)C(=O)N1C2CC3CCC2(CS1(=O)=O)C3(C)C.[2H][C@](C)(CCC)C(=O)O. The highest BCUT2D eigenvalue weighted by Crippen LogP contribution is 2.71. The number of thioether (sulfide) groups is 8. The van der Waals surface area contributed by atoms with Gasteiger partial charge < -0.3 is 14.6 Å². The normalized spacial score (nSPS) is 28.0. The summed E-state index contributed by atoms with van der Waals surface area (Å²) in [5.41, 5.74) is -1.07. The molecule has 4 aliphatic carbocycles. The minimum Gasteiger partial charge on any atom is -0.481 e. The topological polar surface area (TPSA) is 248 Å². The smallest absolute Gasteiger partial charge is 0.327 e. The van der Waals surface area contributed by atoms with E-state index in [9.17, 15) is 40.8 Å². The van der Waals surface area contributed by atoms with E-state index >= 15 is 0 Å². The number of aliphatic imine (C=N–C) groups is 4. The molecule has 4 bridgehead atoms. The molecule has 0 aromatic carbocycles. The van der Waals surface area contributed by atoms with Crippen LogP contribution in [-0.4, -0.2) is 191 Å². The summed E-state index contributed by atoms with van der Waals surface area (Å²) >= 11 is 10.9. The fraction of sp³-hybridized carbons (Fsp3) is 0.824. The number of methoxy groups -OCH3 is 2. The number of carbonyl (C=O) groups is 5. The Hall–Kier alpha value is -1.27. The third-order valence-electron chi connectivity index (χ3n) is 15.8. The molecule has 6 rings (SSSR count). The van der Waals surface area contributed by atoms with Crippen LogP contribution in [0.4, 0.5) is 0 Å². The first-order chi connectivity index (χ1) is 39.1. The number of hydrogen-bond acceptors (Lipinski definition) is 23. The quantitative estimate of drug-likeness (QED) is 0.102.